The second kappa shape index (κ2) is 6.24. The molecule has 2 aromatic rings. The predicted molar refractivity (Wildman–Crippen MR) is 95.4 cm³/mol. The third-order valence-electron chi connectivity index (χ3n) is 4.05. The molecule has 0 atom stereocenters. The lowest BCUT2D eigenvalue weighted by molar-refractivity contribution is 0.102. The molecule has 1 aliphatic heterocycles. The molecule has 0 aliphatic carbocycles. The topological polar surface area (TPSA) is 44.7 Å². The van der Waals surface area contributed by atoms with Gasteiger partial charge in [0.1, 0.15) is 0 Å². The van der Waals surface area contributed by atoms with E-state index in [4.69, 9.17) is 0 Å². The van der Waals surface area contributed by atoms with Gasteiger partial charge in [-0.1, -0.05) is 12.1 Å². The molecule has 1 N–H and O–H groups in total. The fourth-order valence-electron chi connectivity index (χ4n) is 2.61. The molecule has 23 heavy (non-hydrogen) atoms. The van der Waals surface area contributed by atoms with Crippen LogP contribution in [0.5, 0.6) is 0 Å². The van der Waals surface area contributed by atoms with E-state index in [1.165, 1.54) is 0 Å². The molecule has 0 unspecified atom stereocenters. The molecule has 0 fully saturated rings. The maximum atomic E-state index is 12.4. The van der Waals surface area contributed by atoms with E-state index in [0.29, 0.717) is 5.56 Å². The van der Waals surface area contributed by atoms with E-state index in [2.05, 4.69) is 10.4 Å². The van der Waals surface area contributed by atoms with Crippen molar-refractivity contribution in [2.45, 2.75) is 27.2 Å². The van der Waals surface area contributed by atoms with E-state index in [1.807, 2.05) is 68.2 Å². The van der Waals surface area contributed by atoms with Crippen molar-refractivity contribution < 1.29 is 4.79 Å². The van der Waals surface area contributed by atoms with Crippen LogP contribution in [0.2, 0.25) is 0 Å². The Morgan fingerprint density at radius 1 is 1.09 bits per heavy atom. The maximum Gasteiger partial charge on any atom is 0.255 e. The zero-order valence-electron chi connectivity index (χ0n) is 13.8. The van der Waals surface area contributed by atoms with E-state index in [0.717, 1.165) is 41.2 Å². The minimum atomic E-state index is -0.0913. The molecule has 4 heteroatoms. The summed E-state index contributed by atoms with van der Waals surface area (Å²) in [5, 5.41) is 9.43. The first-order valence-corrected chi connectivity index (χ1v) is 7.83. The largest absolute Gasteiger partial charge is 0.322 e. The molecular weight excluding hydrogens is 286 g/mol. The van der Waals surface area contributed by atoms with Gasteiger partial charge in [0.15, 0.2) is 0 Å². The first kappa shape index (κ1) is 15.3. The third kappa shape index (κ3) is 3.42. The van der Waals surface area contributed by atoms with Gasteiger partial charge in [-0.15, -0.1) is 0 Å². The summed E-state index contributed by atoms with van der Waals surface area (Å²) in [5.74, 6) is -0.0913. The number of rotatable bonds is 3. The Kier molecular flexibility index (Phi) is 4.15. The van der Waals surface area contributed by atoms with Crippen molar-refractivity contribution >= 4 is 23.0 Å². The Hall–Kier alpha value is -2.62. The van der Waals surface area contributed by atoms with Crippen LogP contribution in [0.25, 0.3) is 0 Å². The highest BCUT2D eigenvalue weighted by Gasteiger charge is 2.14. The number of benzene rings is 2. The quantitative estimate of drug-likeness (QED) is 0.926. The van der Waals surface area contributed by atoms with Gasteiger partial charge in [-0.3, -0.25) is 9.80 Å². The number of carbonyl (C=O) groups is 1. The van der Waals surface area contributed by atoms with Crippen LogP contribution in [0, 0.1) is 13.8 Å². The number of hydrogen-bond donors (Lipinski definition) is 1. The Morgan fingerprint density at radius 3 is 2.48 bits per heavy atom. The molecule has 0 spiro atoms. The van der Waals surface area contributed by atoms with E-state index >= 15 is 0 Å². The summed E-state index contributed by atoms with van der Waals surface area (Å²) in [4.78, 5) is 12.4. The number of amides is 1. The second-order valence-corrected chi connectivity index (χ2v) is 6.03. The predicted octanol–water partition coefficient (Wildman–Crippen LogP) is 4.14. The van der Waals surface area contributed by atoms with Crippen LogP contribution in [0.4, 0.5) is 11.4 Å². The van der Waals surface area contributed by atoms with Crippen molar-refractivity contribution in [1.29, 1.82) is 0 Å². The number of aryl methyl sites for hydroxylation is 2. The molecule has 0 radical (unpaired) electrons. The van der Waals surface area contributed by atoms with Crippen molar-refractivity contribution in [3.8, 4) is 0 Å². The fourth-order valence-corrected chi connectivity index (χ4v) is 2.61. The van der Waals surface area contributed by atoms with Gasteiger partial charge >= 0.3 is 0 Å². The average Bonchev–Trinajstić information content (AvgIpc) is 2.97. The minimum absolute atomic E-state index is 0.0913. The Morgan fingerprint density at radius 2 is 1.83 bits per heavy atom. The zero-order chi connectivity index (χ0) is 16.4. The average molecular weight is 307 g/mol. The van der Waals surface area contributed by atoms with Crippen LogP contribution >= 0.6 is 0 Å². The molecule has 118 valence electrons. The van der Waals surface area contributed by atoms with Crippen LogP contribution in [0.15, 0.2) is 47.6 Å². The van der Waals surface area contributed by atoms with Crippen LogP contribution in [-0.2, 0) is 0 Å². The van der Waals surface area contributed by atoms with Gasteiger partial charge in [0.05, 0.1) is 5.69 Å². The summed E-state index contributed by atoms with van der Waals surface area (Å²) in [6, 6.07) is 13.6. The number of carbonyl (C=O) groups excluding carboxylic acids is 1. The monoisotopic (exact) mass is 307 g/mol. The summed E-state index contributed by atoms with van der Waals surface area (Å²) in [6.45, 7) is 6.94. The van der Waals surface area contributed by atoms with E-state index < -0.39 is 0 Å². The maximum absolute atomic E-state index is 12.4. The summed E-state index contributed by atoms with van der Waals surface area (Å²) >= 11 is 0. The number of hydrogen-bond acceptors (Lipinski definition) is 3. The SMILES string of the molecule is CC1=NN(c2ccc(C(=O)Nc3cc(C)ccc3C)cc2)CC1. The lowest BCUT2D eigenvalue weighted by Crippen LogP contribution is -2.14. The molecule has 0 bridgehead atoms. The highest BCUT2D eigenvalue weighted by atomic mass is 16.1. The van der Waals surface area contributed by atoms with Gasteiger partial charge in [-0.2, -0.15) is 5.10 Å². The smallest absolute Gasteiger partial charge is 0.255 e. The van der Waals surface area contributed by atoms with Gasteiger partial charge in [0.25, 0.3) is 5.91 Å². The van der Waals surface area contributed by atoms with E-state index in [-0.39, 0.29) is 5.91 Å². The Balaban J connectivity index is 1.74. The lowest BCUT2D eigenvalue weighted by Gasteiger charge is -2.14. The fraction of sp³-hybridized carbons (Fsp3) is 0.263. The van der Waals surface area contributed by atoms with Gasteiger partial charge < -0.3 is 5.32 Å². The zero-order valence-corrected chi connectivity index (χ0v) is 13.8. The van der Waals surface area contributed by atoms with Gasteiger partial charge in [0, 0.05) is 29.9 Å². The number of nitrogens with zero attached hydrogens (tertiary/aromatic N) is 2. The molecule has 1 aliphatic rings. The van der Waals surface area contributed by atoms with E-state index in [9.17, 15) is 4.79 Å². The van der Waals surface area contributed by atoms with Gasteiger partial charge in [-0.05, 0) is 62.2 Å². The molecule has 0 saturated carbocycles. The molecule has 3 rings (SSSR count). The summed E-state index contributed by atoms with van der Waals surface area (Å²) in [7, 11) is 0. The third-order valence-corrected chi connectivity index (χ3v) is 4.05. The Labute approximate surface area is 136 Å². The van der Waals surface area contributed by atoms with Crippen molar-refractivity contribution in [2.24, 2.45) is 5.10 Å². The normalized spacial score (nSPS) is 13.9. The molecule has 2 aromatic carbocycles. The van der Waals surface area contributed by atoms with Crippen LogP contribution < -0.4 is 10.3 Å². The van der Waals surface area contributed by atoms with E-state index in [1.54, 1.807) is 0 Å². The highest BCUT2D eigenvalue weighted by molar-refractivity contribution is 6.04. The van der Waals surface area contributed by atoms with Crippen molar-refractivity contribution in [1.82, 2.24) is 0 Å². The number of hydrazone groups is 1. The molecule has 1 amide bonds. The summed E-state index contributed by atoms with van der Waals surface area (Å²) in [5.41, 5.74) is 5.85. The standard InChI is InChI=1S/C19H21N3O/c1-13-4-5-14(2)18(12-13)20-19(23)16-6-8-17(9-7-16)22-11-10-15(3)21-22/h4-9,12H,10-11H2,1-3H3,(H,20,23). The summed E-state index contributed by atoms with van der Waals surface area (Å²) < 4.78 is 0. The second-order valence-electron chi connectivity index (χ2n) is 6.03. The van der Waals surface area contributed by atoms with Crippen molar-refractivity contribution in [3.63, 3.8) is 0 Å². The number of anilines is 2. The highest BCUT2D eigenvalue weighted by Crippen LogP contribution is 2.21. The van der Waals surface area contributed by atoms with Crippen molar-refractivity contribution in [2.75, 3.05) is 16.9 Å². The molecule has 1 heterocycles. The lowest BCUT2D eigenvalue weighted by atomic mass is 10.1. The Bertz CT molecular complexity index is 763. The molecule has 4 nitrogen and oxygen atoms in total. The van der Waals surface area contributed by atoms with Crippen LogP contribution in [0.1, 0.15) is 34.8 Å². The molecule has 0 saturated heterocycles. The van der Waals surface area contributed by atoms with Crippen LogP contribution in [-0.4, -0.2) is 18.2 Å². The summed E-state index contributed by atoms with van der Waals surface area (Å²) in [6.07, 6.45) is 0.995. The molecule has 0 aromatic heterocycles. The van der Waals surface area contributed by atoms with Crippen LogP contribution in [0.3, 0.4) is 0 Å². The first-order chi connectivity index (χ1) is 11.0. The number of nitrogens with one attached hydrogen (secondary N) is 1. The first-order valence-electron chi connectivity index (χ1n) is 7.83. The van der Waals surface area contributed by atoms with Gasteiger partial charge in [0.2, 0.25) is 0 Å². The van der Waals surface area contributed by atoms with Crippen molar-refractivity contribution in [3.05, 3.63) is 59.2 Å². The molecular formula is C19H21N3O. The van der Waals surface area contributed by atoms with Gasteiger partial charge in [-0.25, -0.2) is 0 Å². The minimum Gasteiger partial charge on any atom is -0.322 e.